The van der Waals surface area contributed by atoms with Gasteiger partial charge in [-0.3, -0.25) is 4.72 Å². The quantitative estimate of drug-likeness (QED) is 0.621. The van der Waals surface area contributed by atoms with E-state index in [0.29, 0.717) is 36.4 Å². The number of nitrogens with one attached hydrogen (secondary N) is 1. The number of benzene rings is 2. The highest BCUT2D eigenvalue weighted by Crippen LogP contribution is 2.42. The molecule has 0 aliphatic carbocycles. The van der Waals surface area contributed by atoms with Crippen LogP contribution < -0.4 is 18.9 Å². The first-order chi connectivity index (χ1) is 14.0. The molecule has 10 heteroatoms. The standard InChI is InChI=1S/C19H20N2O7S/c1-24-10-11-9-15-16(17-12(11)7-8-27-17)19(20-28-15)21-29(22,23)18-13(25-2)5-4-6-14(18)26-3/h4-6,9H,7-8,10H2,1-3H3,(H,20,21). The van der Waals surface area contributed by atoms with Gasteiger partial charge in [-0.15, -0.1) is 0 Å². The van der Waals surface area contributed by atoms with E-state index in [0.717, 1.165) is 11.1 Å². The Morgan fingerprint density at radius 3 is 2.55 bits per heavy atom. The Labute approximate surface area is 167 Å². The molecule has 0 saturated heterocycles. The number of rotatable bonds is 7. The molecule has 0 spiro atoms. The van der Waals surface area contributed by atoms with Crippen molar-refractivity contribution >= 4 is 26.8 Å². The molecule has 1 aliphatic rings. The first-order valence-corrected chi connectivity index (χ1v) is 10.3. The minimum absolute atomic E-state index is 0.0371. The zero-order valence-corrected chi connectivity index (χ0v) is 17.0. The van der Waals surface area contributed by atoms with Gasteiger partial charge in [-0.1, -0.05) is 11.2 Å². The van der Waals surface area contributed by atoms with Crippen LogP contribution in [0.1, 0.15) is 11.1 Å². The smallest absolute Gasteiger partial charge is 0.270 e. The highest BCUT2D eigenvalue weighted by molar-refractivity contribution is 7.93. The Bertz CT molecular complexity index is 1150. The lowest BCUT2D eigenvalue weighted by Crippen LogP contribution is -2.15. The molecule has 2 aromatic carbocycles. The summed E-state index contributed by atoms with van der Waals surface area (Å²) in [7, 11) is 0.276. The Balaban J connectivity index is 1.83. The molecule has 0 radical (unpaired) electrons. The molecule has 154 valence electrons. The molecule has 0 saturated carbocycles. The number of sulfonamides is 1. The van der Waals surface area contributed by atoms with Crippen LogP contribution in [0.25, 0.3) is 11.0 Å². The average Bonchev–Trinajstić information content (AvgIpc) is 3.34. The maximum Gasteiger partial charge on any atom is 0.270 e. The summed E-state index contributed by atoms with van der Waals surface area (Å²) in [4.78, 5) is -0.130. The molecule has 2 heterocycles. The monoisotopic (exact) mass is 420 g/mol. The fourth-order valence-corrected chi connectivity index (χ4v) is 4.79. The number of hydrogen-bond acceptors (Lipinski definition) is 8. The maximum atomic E-state index is 13.2. The van der Waals surface area contributed by atoms with Gasteiger partial charge in [0.25, 0.3) is 10.0 Å². The molecule has 0 atom stereocenters. The lowest BCUT2D eigenvalue weighted by molar-refractivity contribution is 0.184. The van der Waals surface area contributed by atoms with Crippen LogP contribution in [-0.4, -0.2) is 41.5 Å². The number of hydrogen-bond donors (Lipinski definition) is 1. The topological polar surface area (TPSA) is 109 Å². The third kappa shape index (κ3) is 3.23. The third-order valence-electron chi connectivity index (χ3n) is 4.69. The molecule has 0 unspecified atom stereocenters. The minimum atomic E-state index is -4.10. The number of methoxy groups -OCH3 is 3. The van der Waals surface area contributed by atoms with Gasteiger partial charge >= 0.3 is 0 Å². The van der Waals surface area contributed by atoms with E-state index in [-0.39, 0.29) is 22.2 Å². The lowest BCUT2D eigenvalue weighted by Gasteiger charge is -2.14. The van der Waals surface area contributed by atoms with E-state index in [9.17, 15) is 8.42 Å². The third-order valence-corrected chi connectivity index (χ3v) is 6.10. The van der Waals surface area contributed by atoms with Crippen molar-refractivity contribution in [1.29, 1.82) is 0 Å². The van der Waals surface area contributed by atoms with E-state index in [1.165, 1.54) is 26.4 Å². The van der Waals surface area contributed by atoms with Gasteiger partial charge in [-0.05, 0) is 23.8 Å². The minimum Gasteiger partial charge on any atom is -0.495 e. The van der Waals surface area contributed by atoms with Crippen molar-refractivity contribution in [2.75, 3.05) is 32.7 Å². The molecule has 0 amide bonds. The SMILES string of the molecule is COCc1cc2onc(NS(=O)(=O)c3c(OC)cccc3OC)c2c2c1CCO2. The number of ether oxygens (including phenoxy) is 4. The highest BCUT2D eigenvalue weighted by Gasteiger charge is 2.30. The summed E-state index contributed by atoms with van der Waals surface area (Å²) in [6.45, 7) is 0.880. The average molecular weight is 420 g/mol. The second-order valence-electron chi connectivity index (χ2n) is 6.38. The first kappa shape index (κ1) is 19.3. The van der Waals surface area contributed by atoms with Crippen molar-refractivity contribution in [3.05, 3.63) is 35.4 Å². The molecule has 9 nitrogen and oxygen atoms in total. The Morgan fingerprint density at radius 1 is 1.17 bits per heavy atom. The summed E-state index contributed by atoms with van der Waals surface area (Å²) >= 11 is 0. The molecular formula is C19H20N2O7S. The van der Waals surface area contributed by atoms with Crippen molar-refractivity contribution in [2.24, 2.45) is 0 Å². The zero-order valence-electron chi connectivity index (χ0n) is 16.1. The predicted molar refractivity (Wildman–Crippen MR) is 104 cm³/mol. The van der Waals surface area contributed by atoms with Crippen molar-refractivity contribution in [1.82, 2.24) is 5.16 Å². The normalized spacial score (nSPS) is 13.2. The highest BCUT2D eigenvalue weighted by atomic mass is 32.2. The summed E-state index contributed by atoms with van der Waals surface area (Å²) in [5.74, 6) is 0.887. The zero-order chi connectivity index (χ0) is 20.6. The predicted octanol–water partition coefficient (Wildman–Crippen LogP) is 2.73. The number of fused-ring (bicyclic) bond motifs is 3. The van der Waals surface area contributed by atoms with E-state index in [1.807, 2.05) is 0 Å². The second kappa shape index (κ2) is 7.45. The van der Waals surface area contributed by atoms with Crippen LogP contribution in [0.4, 0.5) is 5.82 Å². The Morgan fingerprint density at radius 2 is 1.90 bits per heavy atom. The molecular weight excluding hydrogens is 400 g/mol. The van der Waals surface area contributed by atoms with Gasteiger partial charge in [0, 0.05) is 19.1 Å². The second-order valence-corrected chi connectivity index (χ2v) is 8.00. The maximum absolute atomic E-state index is 13.2. The molecule has 1 aliphatic heterocycles. The molecule has 4 rings (SSSR count). The summed E-state index contributed by atoms with van der Waals surface area (Å²) in [6, 6.07) is 6.51. The van der Waals surface area contributed by atoms with Gasteiger partial charge < -0.3 is 23.5 Å². The lowest BCUT2D eigenvalue weighted by atomic mass is 10.0. The van der Waals surface area contributed by atoms with Crippen molar-refractivity contribution in [3.8, 4) is 17.2 Å². The van der Waals surface area contributed by atoms with Crippen LogP contribution in [0.3, 0.4) is 0 Å². The molecule has 0 bridgehead atoms. The van der Waals surface area contributed by atoms with E-state index in [4.69, 9.17) is 23.5 Å². The molecule has 0 fully saturated rings. The summed E-state index contributed by atoms with van der Waals surface area (Å²) in [5.41, 5.74) is 2.28. The van der Waals surface area contributed by atoms with Gasteiger partial charge in [-0.2, -0.15) is 0 Å². The number of aromatic nitrogens is 1. The van der Waals surface area contributed by atoms with Crippen molar-refractivity contribution in [2.45, 2.75) is 17.9 Å². The summed E-state index contributed by atoms with van der Waals surface area (Å²) in [5, 5.41) is 4.40. The van der Waals surface area contributed by atoms with Gasteiger partial charge in [0.15, 0.2) is 16.3 Å². The van der Waals surface area contributed by atoms with E-state index in [2.05, 4.69) is 9.88 Å². The fourth-order valence-electron chi connectivity index (χ4n) is 3.47. The number of nitrogens with zero attached hydrogens (tertiary/aromatic N) is 1. The van der Waals surface area contributed by atoms with E-state index >= 15 is 0 Å². The van der Waals surface area contributed by atoms with Crippen molar-refractivity contribution < 1.29 is 31.9 Å². The van der Waals surface area contributed by atoms with E-state index in [1.54, 1.807) is 19.2 Å². The van der Waals surface area contributed by atoms with Crippen LogP contribution in [0, 0.1) is 0 Å². The van der Waals surface area contributed by atoms with Gasteiger partial charge in [0.05, 0.1) is 27.4 Å². The Hall–Kier alpha value is -2.98. The molecule has 29 heavy (non-hydrogen) atoms. The van der Waals surface area contributed by atoms with Crippen LogP contribution in [-0.2, 0) is 27.8 Å². The Kier molecular flexibility index (Phi) is 4.97. The van der Waals surface area contributed by atoms with Gasteiger partial charge in [-0.25, -0.2) is 8.42 Å². The summed E-state index contributed by atoms with van der Waals surface area (Å²) < 4.78 is 55.6. The van der Waals surface area contributed by atoms with Crippen LogP contribution in [0.2, 0.25) is 0 Å². The van der Waals surface area contributed by atoms with E-state index < -0.39 is 10.0 Å². The first-order valence-electron chi connectivity index (χ1n) is 8.79. The van der Waals surface area contributed by atoms with Crippen LogP contribution in [0.15, 0.2) is 33.7 Å². The van der Waals surface area contributed by atoms with Gasteiger partial charge in [0.1, 0.15) is 22.6 Å². The largest absolute Gasteiger partial charge is 0.495 e. The van der Waals surface area contributed by atoms with Gasteiger partial charge in [0.2, 0.25) is 0 Å². The molecule has 1 aromatic heterocycles. The number of anilines is 1. The van der Waals surface area contributed by atoms with Crippen molar-refractivity contribution in [3.63, 3.8) is 0 Å². The molecule has 3 aromatic rings. The van der Waals surface area contributed by atoms with Crippen LogP contribution in [0.5, 0.6) is 17.2 Å². The fraction of sp³-hybridized carbons (Fsp3) is 0.316. The summed E-state index contributed by atoms with van der Waals surface area (Å²) in [6.07, 6.45) is 0.696. The molecule has 1 N–H and O–H groups in total. The van der Waals surface area contributed by atoms with Crippen LogP contribution >= 0.6 is 0 Å².